The van der Waals surface area contributed by atoms with Crippen molar-refractivity contribution in [2.24, 2.45) is 5.92 Å². The van der Waals surface area contributed by atoms with Crippen molar-refractivity contribution in [1.29, 1.82) is 0 Å². The number of hydrogen-bond donors (Lipinski definition) is 1. The van der Waals surface area contributed by atoms with E-state index in [0.29, 0.717) is 17.7 Å². The van der Waals surface area contributed by atoms with E-state index in [0.717, 1.165) is 32.6 Å². The summed E-state index contributed by atoms with van der Waals surface area (Å²) in [6.45, 7) is 10.2. The molecule has 17 heavy (non-hydrogen) atoms. The van der Waals surface area contributed by atoms with Gasteiger partial charge in [-0.25, -0.2) is 8.42 Å². The molecule has 0 saturated carbocycles. The number of sulfone groups is 1. The first kappa shape index (κ1) is 14.9. The van der Waals surface area contributed by atoms with E-state index in [1.807, 2.05) is 0 Å². The molecule has 1 atom stereocenters. The van der Waals surface area contributed by atoms with Crippen molar-refractivity contribution in [2.45, 2.75) is 33.2 Å². The van der Waals surface area contributed by atoms with Crippen LogP contribution in [0.4, 0.5) is 0 Å². The van der Waals surface area contributed by atoms with Gasteiger partial charge in [-0.3, -0.25) is 4.90 Å². The van der Waals surface area contributed by atoms with Gasteiger partial charge in [-0.1, -0.05) is 20.8 Å². The molecular weight excluding hydrogens is 236 g/mol. The summed E-state index contributed by atoms with van der Waals surface area (Å²) in [5.74, 6) is 1.21. The van der Waals surface area contributed by atoms with Gasteiger partial charge in [0.25, 0.3) is 0 Å². The minimum Gasteiger partial charge on any atom is -0.314 e. The molecule has 1 aliphatic rings. The summed E-state index contributed by atoms with van der Waals surface area (Å²) in [5.41, 5.74) is 0. The van der Waals surface area contributed by atoms with Crippen LogP contribution in [0.2, 0.25) is 0 Å². The standard InChI is InChI=1S/C12H26N2O2S/c1-4-17(15,16)9-5-7-14-8-6-13-10-12(14)11(2)3/h11-13H,4-10H2,1-3H3. The van der Waals surface area contributed by atoms with Crippen LogP contribution < -0.4 is 5.32 Å². The predicted molar refractivity (Wildman–Crippen MR) is 72.0 cm³/mol. The van der Waals surface area contributed by atoms with Crippen molar-refractivity contribution >= 4 is 9.84 Å². The molecular formula is C12H26N2O2S. The average Bonchev–Trinajstić information content (AvgIpc) is 2.29. The topological polar surface area (TPSA) is 49.4 Å². The van der Waals surface area contributed by atoms with E-state index in [4.69, 9.17) is 0 Å². The van der Waals surface area contributed by atoms with E-state index in [2.05, 4.69) is 24.1 Å². The SMILES string of the molecule is CCS(=O)(=O)CCCN1CCNCC1C(C)C. The Bertz CT molecular complexity index is 314. The summed E-state index contributed by atoms with van der Waals surface area (Å²) < 4.78 is 22.9. The fourth-order valence-electron chi connectivity index (χ4n) is 2.33. The van der Waals surface area contributed by atoms with E-state index >= 15 is 0 Å². The Kier molecular flexibility index (Phi) is 5.89. The zero-order chi connectivity index (χ0) is 12.9. The maximum absolute atomic E-state index is 11.4. The second-order valence-electron chi connectivity index (χ2n) is 5.14. The van der Waals surface area contributed by atoms with E-state index in [-0.39, 0.29) is 5.75 Å². The molecule has 5 heteroatoms. The van der Waals surface area contributed by atoms with Crippen LogP contribution in [0.1, 0.15) is 27.2 Å². The maximum Gasteiger partial charge on any atom is 0.150 e. The van der Waals surface area contributed by atoms with Crippen molar-refractivity contribution < 1.29 is 8.42 Å². The minimum absolute atomic E-state index is 0.266. The summed E-state index contributed by atoms with van der Waals surface area (Å²) in [5, 5.41) is 3.40. The molecule has 0 radical (unpaired) electrons. The van der Waals surface area contributed by atoms with Crippen LogP contribution in [0.25, 0.3) is 0 Å². The molecule has 0 spiro atoms. The molecule has 1 heterocycles. The molecule has 0 aromatic carbocycles. The van der Waals surface area contributed by atoms with Crippen LogP contribution in [0.5, 0.6) is 0 Å². The molecule has 0 aliphatic carbocycles. The largest absolute Gasteiger partial charge is 0.314 e. The third-order valence-corrected chi connectivity index (χ3v) is 5.30. The van der Waals surface area contributed by atoms with Crippen LogP contribution in [-0.4, -0.2) is 57.0 Å². The van der Waals surface area contributed by atoms with Gasteiger partial charge in [-0.15, -0.1) is 0 Å². The predicted octanol–water partition coefficient (Wildman–Crippen LogP) is 0.741. The summed E-state index contributed by atoms with van der Waals surface area (Å²) in [6.07, 6.45) is 0.763. The molecule has 1 rings (SSSR count). The van der Waals surface area contributed by atoms with Crippen molar-refractivity contribution in [1.82, 2.24) is 10.2 Å². The second kappa shape index (κ2) is 6.71. The molecule has 1 unspecified atom stereocenters. The Hall–Kier alpha value is -0.130. The van der Waals surface area contributed by atoms with Gasteiger partial charge in [0, 0.05) is 31.4 Å². The Balaban J connectivity index is 2.39. The Labute approximate surface area is 106 Å². The van der Waals surface area contributed by atoms with Crippen molar-refractivity contribution in [2.75, 3.05) is 37.7 Å². The Morgan fingerprint density at radius 2 is 2.12 bits per heavy atom. The van der Waals surface area contributed by atoms with Gasteiger partial charge in [0.05, 0.1) is 5.75 Å². The average molecular weight is 262 g/mol. The highest BCUT2D eigenvalue weighted by atomic mass is 32.2. The smallest absolute Gasteiger partial charge is 0.150 e. The van der Waals surface area contributed by atoms with E-state index in [1.54, 1.807) is 6.92 Å². The zero-order valence-electron chi connectivity index (χ0n) is 11.3. The quantitative estimate of drug-likeness (QED) is 0.767. The number of nitrogens with zero attached hydrogens (tertiary/aromatic N) is 1. The van der Waals surface area contributed by atoms with Gasteiger partial charge in [0.15, 0.2) is 0 Å². The number of nitrogens with one attached hydrogen (secondary N) is 1. The number of rotatable bonds is 6. The lowest BCUT2D eigenvalue weighted by molar-refractivity contribution is 0.125. The molecule has 1 fully saturated rings. The summed E-state index contributed by atoms with van der Waals surface area (Å²) in [7, 11) is -2.80. The van der Waals surface area contributed by atoms with Crippen molar-refractivity contribution in [3.63, 3.8) is 0 Å². The molecule has 0 aromatic heterocycles. The first-order valence-electron chi connectivity index (χ1n) is 6.61. The van der Waals surface area contributed by atoms with Gasteiger partial charge >= 0.3 is 0 Å². The first-order chi connectivity index (χ1) is 7.96. The summed E-state index contributed by atoms with van der Waals surface area (Å²) in [6, 6.07) is 0.549. The van der Waals surface area contributed by atoms with Crippen molar-refractivity contribution in [3.05, 3.63) is 0 Å². The molecule has 102 valence electrons. The highest BCUT2D eigenvalue weighted by Crippen LogP contribution is 2.13. The van der Waals surface area contributed by atoms with Gasteiger partial charge in [0.1, 0.15) is 9.84 Å². The second-order valence-corrected chi connectivity index (χ2v) is 7.61. The van der Waals surface area contributed by atoms with Crippen LogP contribution in [-0.2, 0) is 9.84 Å². The van der Waals surface area contributed by atoms with Crippen LogP contribution >= 0.6 is 0 Å². The third kappa shape index (κ3) is 4.94. The highest BCUT2D eigenvalue weighted by molar-refractivity contribution is 7.91. The zero-order valence-corrected chi connectivity index (χ0v) is 12.1. The fraction of sp³-hybridized carbons (Fsp3) is 1.00. The Morgan fingerprint density at radius 1 is 1.41 bits per heavy atom. The number of hydrogen-bond acceptors (Lipinski definition) is 4. The van der Waals surface area contributed by atoms with Crippen molar-refractivity contribution in [3.8, 4) is 0 Å². The normalized spacial score (nSPS) is 23.2. The van der Waals surface area contributed by atoms with E-state index in [1.165, 1.54) is 0 Å². The third-order valence-electron chi connectivity index (χ3n) is 3.51. The fourth-order valence-corrected chi connectivity index (χ4v) is 3.19. The lowest BCUT2D eigenvalue weighted by atomic mass is 10.0. The summed E-state index contributed by atoms with van der Waals surface area (Å²) >= 11 is 0. The molecule has 0 amide bonds. The number of piperazine rings is 1. The molecule has 1 saturated heterocycles. The van der Waals surface area contributed by atoms with Gasteiger partial charge in [0.2, 0.25) is 0 Å². The van der Waals surface area contributed by atoms with Gasteiger partial charge in [-0.2, -0.15) is 0 Å². The van der Waals surface area contributed by atoms with Gasteiger partial charge < -0.3 is 5.32 Å². The molecule has 1 N–H and O–H groups in total. The maximum atomic E-state index is 11.4. The Morgan fingerprint density at radius 3 is 2.71 bits per heavy atom. The molecule has 1 aliphatic heterocycles. The molecule has 0 aromatic rings. The lowest BCUT2D eigenvalue weighted by Crippen LogP contribution is -2.53. The highest BCUT2D eigenvalue weighted by Gasteiger charge is 2.24. The molecule has 4 nitrogen and oxygen atoms in total. The van der Waals surface area contributed by atoms with Gasteiger partial charge in [-0.05, 0) is 18.9 Å². The minimum atomic E-state index is -2.80. The van der Waals surface area contributed by atoms with Crippen LogP contribution in [0.3, 0.4) is 0 Å². The van der Waals surface area contributed by atoms with E-state index in [9.17, 15) is 8.42 Å². The first-order valence-corrected chi connectivity index (χ1v) is 8.43. The molecule has 0 bridgehead atoms. The van der Waals surface area contributed by atoms with E-state index < -0.39 is 9.84 Å². The monoisotopic (exact) mass is 262 g/mol. The van der Waals surface area contributed by atoms with Crippen LogP contribution in [0.15, 0.2) is 0 Å². The summed E-state index contributed by atoms with van der Waals surface area (Å²) in [4.78, 5) is 2.44. The lowest BCUT2D eigenvalue weighted by Gasteiger charge is -2.38. The van der Waals surface area contributed by atoms with Crippen LogP contribution in [0, 0.1) is 5.92 Å².